The third-order valence-corrected chi connectivity index (χ3v) is 4.27. The average molecular weight is 434 g/mol. The lowest BCUT2D eigenvalue weighted by Crippen LogP contribution is -2.44. The fourth-order valence-corrected chi connectivity index (χ4v) is 2.75. The second kappa shape index (κ2) is 8.47. The Morgan fingerprint density at radius 2 is 1.97 bits per heavy atom. The Kier molecular flexibility index (Phi) is 6.01. The van der Waals surface area contributed by atoms with Gasteiger partial charge in [0.05, 0.1) is 6.04 Å². The average Bonchev–Trinajstić information content (AvgIpc) is 3.11. The van der Waals surface area contributed by atoms with Gasteiger partial charge in [-0.05, 0) is 6.07 Å². The van der Waals surface area contributed by atoms with Crippen LogP contribution in [0.4, 0.5) is 22.4 Å². The number of amides is 3. The van der Waals surface area contributed by atoms with Crippen LogP contribution in [-0.4, -0.2) is 41.1 Å². The number of hydrogen-bond acceptors (Lipinski definition) is 5. The Hall–Kier alpha value is -3.15. The summed E-state index contributed by atoms with van der Waals surface area (Å²) >= 11 is 5.62. The molecule has 13 heteroatoms. The molecular weight excluding hydrogens is 422 g/mol. The predicted molar refractivity (Wildman–Crippen MR) is 90.3 cm³/mol. The first-order chi connectivity index (χ1) is 13.8. The van der Waals surface area contributed by atoms with Crippen molar-refractivity contribution in [2.75, 3.05) is 6.54 Å². The SMILES string of the molecule is O=C1NCC(C(=O)NC(c2cnc(OC(F)F)nc2)c2ccc(F)c(Cl)c2F)N1. The highest BCUT2D eigenvalue weighted by molar-refractivity contribution is 6.31. The summed E-state index contributed by atoms with van der Waals surface area (Å²) in [5.74, 6) is -2.85. The molecule has 3 rings (SSSR count). The zero-order valence-electron chi connectivity index (χ0n) is 14.3. The van der Waals surface area contributed by atoms with Crippen molar-refractivity contribution in [1.82, 2.24) is 25.9 Å². The molecule has 1 aromatic carbocycles. The van der Waals surface area contributed by atoms with E-state index in [1.807, 2.05) is 0 Å². The highest BCUT2D eigenvalue weighted by Gasteiger charge is 2.31. The Balaban J connectivity index is 1.94. The van der Waals surface area contributed by atoms with Gasteiger partial charge in [-0.1, -0.05) is 17.7 Å². The van der Waals surface area contributed by atoms with Crippen LogP contribution in [0.2, 0.25) is 5.02 Å². The van der Waals surface area contributed by atoms with Crippen LogP contribution >= 0.6 is 11.6 Å². The molecule has 1 fully saturated rings. The van der Waals surface area contributed by atoms with E-state index in [4.69, 9.17) is 11.6 Å². The third kappa shape index (κ3) is 4.65. The molecule has 0 saturated carbocycles. The van der Waals surface area contributed by atoms with Gasteiger partial charge in [0.15, 0.2) is 0 Å². The van der Waals surface area contributed by atoms with Gasteiger partial charge >= 0.3 is 18.7 Å². The number of alkyl halides is 2. The molecular formula is C16H12ClF4N5O3. The number of benzene rings is 1. The monoisotopic (exact) mass is 433 g/mol. The summed E-state index contributed by atoms with van der Waals surface area (Å²) in [5.41, 5.74) is -0.160. The van der Waals surface area contributed by atoms with E-state index in [1.165, 1.54) is 0 Å². The van der Waals surface area contributed by atoms with Gasteiger partial charge in [0.25, 0.3) is 0 Å². The summed E-state index contributed by atoms with van der Waals surface area (Å²) in [5, 5.41) is 6.42. The van der Waals surface area contributed by atoms with E-state index in [0.29, 0.717) is 0 Å². The largest absolute Gasteiger partial charge is 0.401 e. The topological polar surface area (TPSA) is 105 Å². The Morgan fingerprint density at radius 1 is 1.28 bits per heavy atom. The number of ether oxygens (including phenoxy) is 1. The van der Waals surface area contributed by atoms with E-state index >= 15 is 0 Å². The van der Waals surface area contributed by atoms with Crippen molar-refractivity contribution in [3.63, 3.8) is 0 Å². The predicted octanol–water partition coefficient (Wildman–Crippen LogP) is 1.90. The molecule has 0 aliphatic carbocycles. The Bertz CT molecular complexity index is 932. The summed E-state index contributed by atoms with van der Waals surface area (Å²) < 4.78 is 56.7. The lowest BCUT2D eigenvalue weighted by Gasteiger charge is -2.22. The molecule has 8 nitrogen and oxygen atoms in total. The molecule has 1 aliphatic rings. The fraction of sp³-hybridized carbons (Fsp3) is 0.250. The molecule has 2 unspecified atom stereocenters. The first kappa shape index (κ1) is 20.6. The van der Waals surface area contributed by atoms with Crippen LogP contribution in [0.15, 0.2) is 24.5 Å². The number of nitrogens with zero attached hydrogens (tertiary/aromatic N) is 2. The normalized spacial score (nSPS) is 16.9. The van der Waals surface area contributed by atoms with Crippen molar-refractivity contribution < 1.29 is 31.9 Å². The van der Waals surface area contributed by atoms with Gasteiger partial charge in [-0.15, -0.1) is 0 Å². The van der Waals surface area contributed by atoms with Crippen molar-refractivity contribution in [2.24, 2.45) is 0 Å². The number of carbonyl (C=O) groups is 2. The molecule has 1 aromatic heterocycles. The molecule has 1 aliphatic heterocycles. The molecule has 1 saturated heterocycles. The van der Waals surface area contributed by atoms with Crippen LogP contribution in [0.3, 0.4) is 0 Å². The minimum absolute atomic E-state index is 0.0122. The van der Waals surface area contributed by atoms with Crippen LogP contribution in [0, 0.1) is 11.6 Å². The lowest BCUT2D eigenvalue weighted by molar-refractivity contribution is -0.122. The lowest BCUT2D eigenvalue weighted by atomic mass is 10.00. The van der Waals surface area contributed by atoms with Gasteiger partial charge in [-0.25, -0.2) is 23.5 Å². The van der Waals surface area contributed by atoms with Gasteiger partial charge in [0.2, 0.25) is 5.91 Å². The van der Waals surface area contributed by atoms with Crippen molar-refractivity contribution >= 4 is 23.5 Å². The molecule has 0 bridgehead atoms. The smallest absolute Gasteiger partial charge is 0.389 e. The number of nitrogens with one attached hydrogen (secondary N) is 3. The summed E-state index contributed by atoms with van der Waals surface area (Å²) in [6.45, 7) is -3.16. The van der Waals surface area contributed by atoms with E-state index in [2.05, 4.69) is 30.7 Å². The maximum Gasteiger partial charge on any atom is 0.389 e. The van der Waals surface area contributed by atoms with Crippen LogP contribution in [0.25, 0.3) is 0 Å². The van der Waals surface area contributed by atoms with Crippen LogP contribution in [0.5, 0.6) is 6.01 Å². The van der Waals surface area contributed by atoms with Crippen LogP contribution in [-0.2, 0) is 4.79 Å². The second-order valence-electron chi connectivity index (χ2n) is 5.79. The maximum absolute atomic E-state index is 14.6. The fourth-order valence-electron chi connectivity index (χ4n) is 2.58. The highest BCUT2D eigenvalue weighted by atomic mass is 35.5. The number of halogens is 5. The van der Waals surface area contributed by atoms with Crippen LogP contribution in [0.1, 0.15) is 17.2 Å². The van der Waals surface area contributed by atoms with Gasteiger partial charge in [0, 0.05) is 30.1 Å². The molecule has 29 heavy (non-hydrogen) atoms. The van der Waals surface area contributed by atoms with Crippen LogP contribution < -0.4 is 20.7 Å². The van der Waals surface area contributed by atoms with E-state index in [1.54, 1.807) is 0 Å². The number of hydrogen-bond donors (Lipinski definition) is 3. The summed E-state index contributed by atoms with van der Waals surface area (Å²) in [7, 11) is 0. The first-order valence-corrected chi connectivity index (χ1v) is 8.39. The number of aromatic nitrogens is 2. The Morgan fingerprint density at radius 3 is 2.55 bits per heavy atom. The van der Waals surface area contributed by atoms with Crippen molar-refractivity contribution in [1.29, 1.82) is 0 Å². The number of rotatable bonds is 6. The quantitative estimate of drug-likeness (QED) is 0.476. The number of carbonyl (C=O) groups excluding carboxylic acids is 2. The molecule has 3 N–H and O–H groups in total. The molecule has 2 aromatic rings. The number of urea groups is 1. The van der Waals surface area contributed by atoms with E-state index < -0.39 is 53.3 Å². The molecule has 154 valence electrons. The Labute approximate surface area is 165 Å². The van der Waals surface area contributed by atoms with Crippen molar-refractivity contribution in [3.05, 3.63) is 52.3 Å². The minimum Gasteiger partial charge on any atom is -0.401 e. The summed E-state index contributed by atoms with van der Waals surface area (Å²) in [4.78, 5) is 30.8. The van der Waals surface area contributed by atoms with E-state index in [9.17, 15) is 27.2 Å². The summed E-state index contributed by atoms with van der Waals surface area (Å²) in [6, 6.07) is -1.47. The maximum atomic E-state index is 14.6. The molecule has 2 atom stereocenters. The van der Waals surface area contributed by atoms with Gasteiger partial charge in [0.1, 0.15) is 22.7 Å². The molecule has 0 radical (unpaired) electrons. The standard InChI is InChI=1S/C16H12ClF4N5O3/c17-10-8(18)2-1-7(11(10)19)12(26-13(27)9-5-22-15(28)25-9)6-3-23-16(24-4-6)29-14(20)21/h1-4,9,12,14H,5H2,(H,26,27)(H2,22,25,28). The van der Waals surface area contributed by atoms with Gasteiger partial charge in [-0.2, -0.15) is 8.78 Å². The summed E-state index contributed by atoms with van der Waals surface area (Å²) in [6.07, 6.45) is 2.05. The molecule has 3 amide bonds. The van der Waals surface area contributed by atoms with E-state index in [-0.39, 0.29) is 17.7 Å². The van der Waals surface area contributed by atoms with Crippen molar-refractivity contribution in [3.8, 4) is 6.01 Å². The third-order valence-electron chi connectivity index (χ3n) is 3.93. The van der Waals surface area contributed by atoms with Gasteiger partial charge < -0.3 is 20.7 Å². The minimum atomic E-state index is -3.15. The van der Waals surface area contributed by atoms with Gasteiger partial charge in [-0.3, -0.25) is 4.79 Å². The first-order valence-electron chi connectivity index (χ1n) is 8.01. The molecule has 0 spiro atoms. The second-order valence-corrected chi connectivity index (χ2v) is 6.17. The van der Waals surface area contributed by atoms with E-state index in [0.717, 1.165) is 24.5 Å². The zero-order chi connectivity index (χ0) is 21.1. The highest BCUT2D eigenvalue weighted by Crippen LogP contribution is 2.30. The molecule has 2 heterocycles. The van der Waals surface area contributed by atoms with Crippen molar-refractivity contribution in [2.45, 2.75) is 18.7 Å². The zero-order valence-corrected chi connectivity index (χ0v) is 15.0.